The first-order valence-corrected chi connectivity index (χ1v) is 4.40. The second-order valence-electron chi connectivity index (χ2n) is 3.23. The fourth-order valence-corrected chi connectivity index (χ4v) is 1.67. The van der Waals surface area contributed by atoms with Crippen LogP contribution in [0.1, 0.15) is 33.1 Å². The Morgan fingerprint density at radius 2 is 2.00 bits per heavy atom. The topological polar surface area (TPSA) is 75.1 Å². The molecule has 0 aromatic carbocycles. The molecule has 0 amide bonds. The number of azide groups is 1. The molecule has 0 spiro atoms. The van der Waals surface area contributed by atoms with Gasteiger partial charge in [0.1, 0.15) is 0 Å². The lowest BCUT2D eigenvalue weighted by atomic mass is 9.86. The van der Waals surface area contributed by atoms with Crippen LogP contribution in [0, 0.1) is 5.92 Å². The number of hydrogen-bond donors (Lipinski definition) is 0. The quantitative estimate of drug-likeness (QED) is 0.297. The summed E-state index contributed by atoms with van der Waals surface area (Å²) in [6.45, 7) is 0. The van der Waals surface area contributed by atoms with Crippen molar-refractivity contribution in [2.24, 2.45) is 11.0 Å². The smallest absolute Gasteiger partial charge is 0.308 e. The number of rotatable bonds is 2. The van der Waals surface area contributed by atoms with Crippen molar-refractivity contribution in [3.63, 3.8) is 0 Å². The molecule has 5 nitrogen and oxygen atoms in total. The SMILES string of the molecule is C.COC(=O)C1CCC(N=[N+]=[N-])CC1. The summed E-state index contributed by atoms with van der Waals surface area (Å²) >= 11 is 0. The third-order valence-electron chi connectivity index (χ3n) is 2.45. The molecular formula is C9H17N3O2. The number of hydrogen-bond acceptors (Lipinski definition) is 3. The van der Waals surface area contributed by atoms with Crippen molar-refractivity contribution in [1.29, 1.82) is 0 Å². The Balaban J connectivity index is 0.00000169. The first-order chi connectivity index (χ1) is 6.27. The lowest BCUT2D eigenvalue weighted by molar-refractivity contribution is -0.146. The van der Waals surface area contributed by atoms with Crippen molar-refractivity contribution in [2.45, 2.75) is 39.2 Å². The fourth-order valence-electron chi connectivity index (χ4n) is 1.67. The minimum Gasteiger partial charge on any atom is -0.469 e. The molecule has 1 aliphatic rings. The molecule has 80 valence electrons. The van der Waals surface area contributed by atoms with Gasteiger partial charge in [-0.05, 0) is 31.2 Å². The standard InChI is InChI=1S/C8H13N3O2.CH4/c1-13-8(12)6-2-4-7(5-3-6)10-11-9;/h6-7H,2-5H2,1H3;1H4. The molecule has 1 rings (SSSR count). The third kappa shape index (κ3) is 3.26. The molecule has 1 saturated carbocycles. The van der Waals surface area contributed by atoms with Gasteiger partial charge in [0, 0.05) is 11.0 Å². The van der Waals surface area contributed by atoms with Gasteiger partial charge in [-0.25, -0.2) is 0 Å². The van der Waals surface area contributed by atoms with Crippen molar-refractivity contribution in [2.75, 3.05) is 7.11 Å². The Kier molecular flexibility index (Phi) is 5.72. The lowest BCUT2D eigenvalue weighted by Crippen LogP contribution is -2.24. The van der Waals surface area contributed by atoms with Crippen LogP contribution in [-0.2, 0) is 9.53 Å². The maximum Gasteiger partial charge on any atom is 0.308 e. The Hall–Kier alpha value is -1.22. The summed E-state index contributed by atoms with van der Waals surface area (Å²) in [5.74, 6) is -0.130. The molecule has 0 radical (unpaired) electrons. The van der Waals surface area contributed by atoms with E-state index >= 15 is 0 Å². The summed E-state index contributed by atoms with van der Waals surface area (Å²) in [4.78, 5) is 13.9. The largest absolute Gasteiger partial charge is 0.469 e. The number of carbonyl (C=O) groups excluding carboxylic acids is 1. The summed E-state index contributed by atoms with van der Waals surface area (Å²) < 4.78 is 4.64. The van der Waals surface area contributed by atoms with Gasteiger partial charge in [0.05, 0.1) is 13.0 Å². The maximum absolute atomic E-state index is 11.1. The lowest BCUT2D eigenvalue weighted by Gasteiger charge is -2.23. The summed E-state index contributed by atoms with van der Waals surface area (Å²) in [5.41, 5.74) is 8.21. The average Bonchev–Trinajstić information content (AvgIpc) is 2.18. The Labute approximate surface area is 84.1 Å². The van der Waals surface area contributed by atoms with Crippen LogP contribution in [0.15, 0.2) is 5.11 Å². The van der Waals surface area contributed by atoms with Crippen LogP contribution in [0.5, 0.6) is 0 Å². The number of methoxy groups -OCH3 is 1. The molecule has 1 aliphatic carbocycles. The molecule has 0 aliphatic heterocycles. The van der Waals surface area contributed by atoms with Crippen molar-refractivity contribution >= 4 is 5.97 Å². The van der Waals surface area contributed by atoms with E-state index in [0.717, 1.165) is 25.7 Å². The second kappa shape index (κ2) is 6.27. The van der Waals surface area contributed by atoms with E-state index in [0.29, 0.717) is 0 Å². The van der Waals surface area contributed by atoms with Crippen molar-refractivity contribution < 1.29 is 9.53 Å². The molecule has 0 saturated heterocycles. The number of nitrogens with zero attached hydrogens (tertiary/aromatic N) is 3. The van der Waals surface area contributed by atoms with Crippen LogP contribution in [0.25, 0.3) is 10.4 Å². The first kappa shape index (κ1) is 12.8. The van der Waals surface area contributed by atoms with Gasteiger partial charge in [-0.3, -0.25) is 4.79 Å². The van der Waals surface area contributed by atoms with Gasteiger partial charge in [-0.1, -0.05) is 12.5 Å². The summed E-state index contributed by atoms with van der Waals surface area (Å²) in [6, 6.07) is 0.0749. The Morgan fingerprint density at radius 3 is 2.43 bits per heavy atom. The number of carbonyl (C=O) groups is 1. The minimum absolute atomic E-state index is 0. The van der Waals surface area contributed by atoms with E-state index in [1.54, 1.807) is 0 Å². The Morgan fingerprint density at radius 1 is 1.43 bits per heavy atom. The van der Waals surface area contributed by atoms with E-state index in [4.69, 9.17) is 5.53 Å². The summed E-state index contributed by atoms with van der Waals surface area (Å²) in [7, 11) is 1.40. The van der Waals surface area contributed by atoms with Gasteiger partial charge in [0.2, 0.25) is 0 Å². The van der Waals surface area contributed by atoms with E-state index in [1.165, 1.54) is 7.11 Å². The molecular weight excluding hydrogens is 182 g/mol. The number of esters is 1. The normalized spacial score (nSPS) is 25.5. The molecule has 0 heterocycles. The monoisotopic (exact) mass is 199 g/mol. The van der Waals surface area contributed by atoms with Gasteiger partial charge in [-0.15, -0.1) is 0 Å². The predicted octanol–water partition coefficient (Wildman–Crippen LogP) is 2.66. The van der Waals surface area contributed by atoms with E-state index in [9.17, 15) is 4.79 Å². The van der Waals surface area contributed by atoms with Gasteiger partial charge in [0.25, 0.3) is 0 Å². The third-order valence-corrected chi connectivity index (χ3v) is 2.45. The van der Waals surface area contributed by atoms with E-state index in [2.05, 4.69) is 14.8 Å². The second-order valence-corrected chi connectivity index (χ2v) is 3.23. The van der Waals surface area contributed by atoms with Crippen molar-refractivity contribution in [3.05, 3.63) is 10.4 Å². The number of ether oxygens (including phenoxy) is 1. The molecule has 0 bridgehead atoms. The van der Waals surface area contributed by atoms with E-state index in [-0.39, 0.29) is 25.4 Å². The fraction of sp³-hybridized carbons (Fsp3) is 0.889. The van der Waals surface area contributed by atoms with Crippen LogP contribution in [0.3, 0.4) is 0 Å². The van der Waals surface area contributed by atoms with Crippen molar-refractivity contribution in [3.8, 4) is 0 Å². The van der Waals surface area contributed by atoms with E-state index in [1.807, 2.05) is 0 Å². The average molecular weight is 199 g/mol. The molecule has 0 atom stereocenters. The zero-order chi connectivity index (χ0) is 9.68. The van der Waals surface area contributed by atoms with Crippen LogP contribution in [0.2, 0.25) is 0 Å². The van der Waals surface area contributed by atoms with Gasteiger partial charge in [-0.2, -0.15) is 0 Å². The highest BCUT2D eigenvalue weighted by Gasteiger charge is 2.25. The highest BCUT2D eigenvalue weighted by Crippen LogP contribution is 2.26. The minimum atomic E-state index is -0.139. The van der Waals surface area contributed by atoms with Crippen LogP contribution in [0.4, 0.5) is 0 Å². The molecule has 14 heavy (non-hydrogen) atoms. The Bertz CT molecular complexity index is 228. The summed E-state index contributed by atoms with van der Waals surface area (Å²) in [5, 5.41) is 3.63. The summed E-state index contributed by atoms with van der Waals surface area (Å²) in [6.07, 6.45) is 3.14. The predicted molar refractivity (Wildman–Crippen MR) is 53.6 cm³/mol. The van der Waals surface area contributed by atoms with Crippen molar-refractivity contribution in [1.82, 2.24) is 0 Å². The molecule has 5 heteroatoms. The molecule has 0 unspecified atom stereocenters. The van der Waals surface area contributed by atoms with E-state index < -0.39 is 0 Å². The zero-order valence-electron chi connectivity index (χ0n) is 7.64. The van der Waals surface area contributed by atoms with Crippen LogP contribution in [-0.4, -0.2) is 19.1 Å². The maximum atomic E-state index is 11.1. The molecule has 0 N–H and O–H groups in total. The molecule has 0 aromatic heterocycles. The van der Waals surface area contributed by atoms with Crippen LogP contribution < -0.4 is 0 Å². The highest BCUT2D eigenvalue weighted by atomic mass is 16.5. The van der Waals surface area contributed by atoms with Crippen LogP contribution >= 0.6 is 0 Å². The molecule has 1 fully saturated rings. The first-order valence-electron chi connectivity index (χ1n) is 4.40. The molecule has 0 aromatic rings. The highest BCUT2D eigenvalue weighted by molar-refractivity contribution is 5.72. The van der Waals surface area contributed by atoms with Gasteiger partial charge < -0.3 is 4.74 Å². The van der Waals surface area contributed by atoms with Gasteiger partial charge in [0.15, 0.2) is 0 Å². The zero-order valence-corrected chi connectivity index (χ0v) is 7.64. The van der Waals surface area contributed by atoms with Gasteiger partial charge >= 0.3 is 5.97 Å².